The van der Waals surface area contributed by atoms with Crippen molar-refractivity contribution in [3.8, 4) is 0 Å². The summed E-state index contributed by atoms with van der Waals surface area (Å²) in [5, 5.41) is 0. The number of hydrogen-bond donors (Lipinski definition) is 0. The summed E-state index contributed by atoms with van der Waals surface area (Å²) in [5.41, 5.74) is 11.5. The summed E-state index contributed by atoms with van der Waals surface area (Å²) < 4.78 is -0.0489. The van der Waals surface area contributed by atoms with Gasteiger partial charge >= 0.3 is 113 Å². The van der Waals surface area contributed by atoms with Gasteiger partial charge in [0, 0.05) is 0 Å². The second-order valence-electron chi connectivity index (χ2n) is 5.48. The molecule has 17 heavy (non-hydrogen) atoms. The van der Waals surface area contributed by atoms with E-state index in [1.807, 2.05) is 0 Å². The molecule has 0 saturated heterocycles. The fourth-order valence-electron chi connectivity index (χ4n) is 3.08. The van der Waals surface area contributed by atoms with Crippen molar-refractivity contribution in [1.82, 2.24) is 0 Å². The molecular formula is C16H21Fe. The molecule has 1 aliphatic rings. The molecule has 0 heterocycles. The summed E-state index contributed by atoms with van der Waals surface area (Å²) in [6, 6.07) is 0. The standard InChI is InChI=1S/C16H21.Fe/c1-8-9(2)12(5)16-14(7)10(3)13(6)15(16)11(8)4;/h1-7H3;. The molecule has 0 radical (unpaired) electrons. The summed E-state index contributed by atoms with van der Waals surface area (Å²) in [4.78, 5) is 0. The van der Waals surface area contributed by atoms with E-state index in [2.05, 4.69) is 64.5 Å². The normalized spacial score (nSPS) is 23.3. The van der Waals surface area contributed by atoms with Crippen LogP contribution in [0.1, 0.15) is 54.2 Å². The number of rotatable bonds is 0. The van der Waals surface area contributed by atoms with E-state index < -0.39 is 0 Å². The van der Waals surface area contributed by atoms with Crippen LogP contribution in [-0.2, 0) is 20.3 Å². The van der Waals surface area contributed by atoms with Gasteiger partial charge < -0.3 is 0 Å². The van der Waals surface area contributed by atoms with E-state index in [0.717, 1.165) is 0 Å². The molecule has 1 aromatic rings. The first kappa shape index (κ1) is 12.9. The fraction of sp³-hybridized carbons (Fsp3) is 0.500. The zero-order chi connectivity index (χ0) is 13.1. The van der Waals surface area contributed by atoms with E-state index in [1.165, 1.54) is 44.5 Å². The van der Waals surface area contributed by atoms with Gasteiger partial charge in [0.1, 0.15) is 0 Å². The van der Waals surface area contributed by atoms with Crippen molar-refractivity contribution in [3.05, 3.63) is 39.0 Å². The fourth-order valence-corrected chi connectivity index (χ4v) is 3.64. The molecule has 1 aromatic carbocycles. The van der Waals surface area contributed by atoms with Crippen molar-refractivity contribution in [2.75, 3.05) is 0 Å². The molecule has 0 unspecified atom stereocenters. The second-order valence-corrected chi connectivity index (χ2v) is 6.58. The van der Waals surface area contributed by atoms with Crippen molar-refractivity contribution in [2.45, 2.75) is 52.8 Å². The van der Waals surface area contributed by atoms with Crippen molar-refractivity contribution in [1.29, 1.82) is 0 Å². The Morgan fingerprint density at radius 2 is 1.24 bits per heavy atom. The van der Waals surface area contributed by atoms with Crippen molar-refractivity contribution in [2.24, 2.45) is 0 Å². The Morgan fingerprint density at radius 1 is 0.765 bits per heavy atom. The molecular weight excluding hydrogens is 248 g/mol. The predicted octanol–water partition coefficient (Wildman–Crippen LogP) is 4.49. The predicted molar refractivity (Wildman–Crippen MR) is 71.0 cm³/mol. The van der Waals surface area contributed by atoms with Gasteiger partial charge in [-0.25, -0.2) is 0 Å². The van der Waals surface area contributed by atoms with E-state index in [-0.39, 0.29) is 4.31 Å². The van der Waals surface area contributed by atoms with Gasteiger partial charge in [0.15, 0.2) is 0 Å². The van der Waals surface area contributed by atoms with Gasteiger partial charge in [-0.3, -0.25) is 0 Å². The summed E-state index contributed by atoms with van der Waals surface area (Å²) in [6.07, 6.45) is 0. The van der Waals surface area contributed by atoms with Crippen LogP contribution in [0.25, 0.3) is 5.57 Å². The van der Waals surface area contributed by atoms with E-state index in [1.54, 1.807) is 0 Å². The summed E-state index contributed by atoms with van der Waals surface area (Å²) in [6.45, 7) is 15.7. The Kier molecular flexibility index (Phi) is 2.84. The zero-order valence-electron chi connectivity index (χ0n) is 11.9. The molecule has 93 valence electrons. The molecule has 0 aromatic heterocycles. The van der Waals surface area contributed by atoms with Crippen LogP contribution >= 0.6 is 0 Å². The third-order valence-corrected chi connectivity index (χ3v) is 5.47. The second kappa shape index (κ2) is 3.73. The molecule has 0 aliphatic heterocycles. The van der Waals surface area contributed by atoms with Crippen LogP contribution in [0.3, 0.4) is 0 Å². The number of allylic oxidation sites excluding steroid dienone is 2. The first-order valence-electron chi connectivity index (χ1n) is 6.18. The van der Waals surface area contributed by atoms with Gasteiger partial charge in [0.2, 0.25) is 0 Å². The van der Waals surface area contributed by atoms with Crippen molar-refractivity contribution in [3.63, 3.8) is 0 Å². The zero-order valence-corrected chi connectivity index (χ0v) is 13.0. The van der Waals surface area contributed by atoms with Crippen LogP contribution in [0.2, 0.25) is 0 Å². The molecule has 0 bridgehead atoms. The number of fused-ring (bicyclic) bond motifs is 1. The summed E-state index contributed by atoms with van der Waals surface area (Å²) in [7, 11) is 0. The van der Waals surface area contributed by atoms with E-state index in [4.69, 9.17) is 0 Å². The van der Waals surface area contributed by atoms with Crippen LogP contribution < -0.4 is 0 Å². The van der Waals surface area contributed by atoms with E-state index >= 15 is 0 Å². The maximum atomic E-state index is 4.46. The van der Waals surface area contributed by atoms with Gasteiger partial charge in [0.25, 0.3) is 0 Å². The van der Waals surface area contributed by atoms with Gasteiger partial charge in [-0.2, -0.15) is 0 Å². The summed E-state index contributed by atoms with van der Waals surface area (Å²) >= 11 is 4.46. The summed E-state index contributed by atoms with van der Waals surface area (Å²) in [5.74, 6) is 0. The van der Waals surface area contributed by atoms with Crippen LogP contribution in [0.15, 0.2) is 5.57 Å². The third kappa shape index (κ3) is 1.49. The first-order chi connectivity index (χ1) is 7.71. The molecule has 0 saturated carbocycles. The Labute approximate surface area is 113 Å². The van der Waals surface area contributed by atoms with Crippen LogP contribution in [0.5, 0.6) is 0 Å². The Balaban J connectivity index is 2.96. The SMILES string of the molecule is CC1=C(C)[C@](C)([Fe])c2c(C)c(C)c(C)c(C)c21. The quantitative estimate of drug-likeness (QED) is 0.609. The number of benzene rings is 1. The molecule has 0 fully saturated rings. The van der Waals surface area contributed by atoms with Crippen molar-refractivity contribution >= 4 is 5.57 Å². The van der Waals surface area contributed by atoms with Crippen LogP contribution in [0.4, 0.5) is 0 Å². The molecule has 0 nitrogen and oxygen atoms in total. The average molecular weight is 269 g/mol. The van der Waals surface area contributed by atoms with Gasteiger partial charge in [0.05, 0.1) is 0 Å². The molecule has 0 spiro atoms. The first-order valence-corrected chi connectivity index (χ1v) is 6.73. The Morgan fingerprint density at radius 3 is 1.76 bits per heavy atom. The van der Waals surface area contributed by atoms with Crippen molar-refractivity contribution < 1.29 is 16.0 Å². The molecule has 0 N–H and O–H groups in total. The Bertz CT molecular complexity index is 545. The topological polar surface area (TPSA) is 0 Å². The minimum absolute atomic E-state index is 0.0489. The monoisotopic (exact) mass is 269 g/mol. The van der Waals surface area contributed by atoms with Crippen LogP contribution in [-0.4, -0.2) is 0 Å². The molecule has 1 aliphatic carbocycles. The maximum absolute atomic E-state index is 4.46. The molecule has 2 rings (SSSR count). The van der Waals surface area contributed by atoms with Crippen LogP contribution in [0, 0.1) is 27.7 Å². The molecule has 0 amide bonds. The molecule has 1 atom stereocenters. The Hall–Kier alpha value is -0.521. The minimum atomic E-state index is -0.0489. The van der Waals surface area contributed by atoms with E-state index in [0.29, 0.717) is 0 Å². The molecule has 1 heteroatoms. The van der Waals surface area contributed by atoms with Gasteiger partial charge in [-0.05, 0) is 0 Å². The third-order valence-electron chi connectivity index (χ3n) is 4.78. The average Bonchev–Trinajstić information content (AvgIpc) is 2.44. The van der Waals surface area contributed by atoms with Gasteiger partial charge in [-0.15, -0.1) is 0 Å². The van der Waals surface area contributed by atoms with Gasteiger partial charge in [-0.1, -0.05) is 0 Å². The number of hydrogen-bond acceptors (Lipinski definition) is 0. The van der Waals surface area contributed by atoms with E-state index in [9.17, 15) is 0 Å².